The molecule has 0 atom stereocenters. The van der Waals surface area contributed by atoms with Crippen molar-refractivity contribution in [1.29, 1.82) is 0 Å². The first-order valence-corrected chi connectivity index (χ1v) is 19.1. The summed E-state index contributed by atoms with van der Waals surface area (Å²) in [7, 11) is 0. The Balaban J connectivity index is 1.03. The molecule has 3 aliphatic carbocycles. The lowest BCUT2D eigenvalue weighted by molar-refractivity contribution is 0.885. The van der Waals surface area contributed by atoms with Crippen LogP contribution in [0.2, 0.25) is 0 Å². The van der Waals surface area contributed by atoms with Gasteiger partial charge in [-0.15, -0.1) is 11.3 Å². The van der Waals surface area contributed by atoms with E-state index in [1.54, 1.807) is 0 Å². The number of fused-ring (bicyclic) bond motifs is 9. The maximum absolute atomic E-state index is 2.53. The summed E-state index contributed by atoms with van der Waals surface area (Å²) < 4.78 is 6.42. The highest BCUT2D eigenvalue weighted by Gasteiger charge is 2.22. The van der Waals surface area contributed by atoms with Crippen LogP contribution in [0.1, 0.15) is 42.5 Å². The number of thiophene rings is 1. The molecule has 0 unspecified atom stereocenters. The highest BCUT2D eigenvalue weighted by molar-refractivity contribution is 7.19. The maximum atomic E-state index is 2.53. The summed E-state index contributed by atoms with van der Waals surface area (Å²) in [5, 5.41) is 6.63. The van der Waals surface area contributed by atoms with E-state index >= 15 is 0 Å². The lowest BCUT2D eigenvalue weighted by atomic mass is 9.90. The number of rotatable bonds is 4. The van der Waals surface area contributed by atoms with Gasteiger partial charge in [0.1, 0.15) is 0 Å². The average Bonchev–Trinajstić information content (AvgIpc) is 3.85. The molecule has 0 saturated carbocycles. The summed E-state index contributed by atoms with van der Waals surface area (Å²) >= 11 is 1.96. The van der Waals surface area contributed by atoms with E-state index in [0.717, 1.165) is 38.5 Å². The number of nitrogens with zero attached hydrogens (tertiary/aromatic N) is 2. The van der Waals surface area contributed by atoms with Crippen LogP contribution in [0, 0.1) is 0 Å². The zero-order valence-corrected chi connectivity index (χ0v) is 29.2. The predicted molar refractivity (Wildman–Crippen MR) is 220 cm³/mol. The van der Waals surface area contributed by atoms with E-state index in [9.17, 15) is 0 Å². The molecule has 0 radical (unpaired) electrons. The highest BCUT2D eigenvalue weighted by Crippen LogP contribution is 2.43. The SMILES string of the molecule is C1=CCCC(C2=CC=C(n3c4ccccc4c4cc(-c5ccc6c(c5)c5ccccc5n6C5=Cc6c(sc7ccccc67)CC5)ccc43)CC2)=C1. The van der Waals surface area contributed by atoms with Gasteiger partial charge in [-0.05, 0) is 121 Å². The minimum Gasteiger partial charge on any atom is -0.313 e. The van der Waals surface area contributed by atoms with E-state index in [4.69, 9.17) is 0 Å². The summed E-state index contributed by atoms with van der Waals surface area (Å²) in [4.78, 5) is 1.51. The molecule has 0 spiro atoms. The van der Waals surface area contributed by atoms with Crippen LogP contribution < -0.4 is 0 Å². The number of aryl methyl sites for hydroxylation is 1. The van der Waals surface area contributed by atoms with Crippen molar-refractivity contribution in [3.05, 3.63) is 161 Å². The quantitative estimate of drug-likeness (QED) is 0.176. The van der Waals surface area contributed by atoms with Crippen LogP contribution in [0.25, 0.3) is 82.3 Å². The molecule has 11 rings (SSSR count). The second-order valence-corrected chi connectivity index (χ2v) is 15.4. The first-order chi connectivity index (χ1) is 25.3. The van der Waals surface area contributed by atoms with E-state index < -0.39 is 0 Å². The zero-order valence-electron chi connectivity index (χ0n) is 28.4. The fourth-order valence-electron chi connectivity index (χ4n) is 8.99. The summed E-state index contributed by atoms with van der Waals surface area (Å²) in [5.74, 6) is 0. The monoisotopic (exact) mass is 672 g/mol. The lowest BCUT2D eigenvalue weighted by Crippen LogP contribution is -2.03. The van der Waals surface area contributed by atoms with Crippen LogP contribution in [-0.4, -0.2) is 9.13 Å². The number of aromatic nitrogens is 2. The Labute approximate surface area is 301 Å². The summed E-state index contributed by atoms with van der Waals surface area (Å²) in [5.41, 5.74) is 14.8. The van der Waals surface area contributed by atoms with Gasteiger partial charge >= 0.3 is 0 Å². The Hall–Kier alpha value is -5.64. The molecular weight excluding hydrogens is 637 g/mol. The molecule has 8 aromatic rings. The third-order valence-corrected chi connectivity index (χ3v) is 12.7. The minimum absolute atomic E-state index is 1.04. The van der Waals surface area contributed by atoms with E-state index in [1.807, 2.05) is 11.3 Å². The molecular formula is C48H36N2S. The molecule has 51 heavy (non-hydrogen) atoms. The van der Waals surface area contributed by atoms with Gasteiger partial charge in [0.25, 0.3) is 0 Å². The summed E-state index contributed by atoms with van der Waals surface area (Å²) in [6.45, 7) is 0. The largest absolute Gasteiger partial charge is 0.313 e. The average molecular weight is 673 g/mol. The van der Waals surface area contributed by atoms with E-state index in [1.165, 1.54) is 97.8 Å². The number of benzene rings is 5. The van der Waals surface area contributed by atoms with Crippen molar-refractivity contribution in [2.45, 2.75) is 38.5 Å². The van der Waals surface area contributed by atoms with Gasteiger partial charge < -0.3 is 9.13 Å². The van der Waals surface area contributed by atoms with Gasteiger partial charge in [0.2, 0.25) is 0 Å². The molecule has 3 heterocycles. The molecule has 3 aliphatic rings. The van der Waals surface area contributed by atoms with Crippen LogP contribution >= 0.6 is 11.3 Å². The Morgan fingerprint density at radius 1 is 0.471 bits per heavy atom. The van der Waals surface area contributed by atoms with Crippen LogP contribution in [0.4, 0.5) is 0 Å². The number of hydrogen-bond donors (Lipinski definition) is 0. The Bertz CT molecular complexity index is 2910. The molecule has 0 aliphatic heterocycles. The number of hydrogen-bond acceptors (Lipinski definition) is 1. The van der Waals surface area contributed by atoms with Crippen molar-refractivity contribution in [3.8, 4) is 11.1 Å². The van der Waals surface area contributed by atoms with Crippen molar-refractivity contribution in [3.63, 3.8) is 0 Å². The van der Waals surface area contributed by atoms with E-state index in [0.29, 0.717) is 0 Å². The second-order valence-electron chi connectivity index (χ2n) is 14.2. The van der Waals surface area contributed by atoms with E-state index in [-0.39, 0.29) is 0 Å². The van der Waals surface area contributed by atoms with Gasteiger partial charge in [-0.1, -0.05) is 91.0 Å². The normalized spacial score (nSPS) is 16.2. The van der Waals surface area contributed by atoms with Gasteiger partial charge in [0.15, 0.2) is 0 Å². The molecule has 3 aromatic heterocycles. The van der Waals surface area contributed by atoms with Crippen LogP contribution in [0.3, 0.4) is 0 Å². The van der Waals surface area contributed by atoms with Gasteiger partial charge in [-0.2, -0.15) is 0 Å². The summed E-state index contributed by atoms with van der Waals surface area (Å²) in [6, 6.07) is 41.0. The molecule has 0 bridgehead atoms. The van der Waals surface area contributed by atoms with Crippen molar-refractivity contribution >= 4 is 82.5 Å². The molecule has 5 aromatic carbocycles. The van der Waals surface area contributed by atoms with Gasteiger partial charge in [-0.25, -0.2) is 0 Å². The molecule has 3 heteroatoms. The van der Waals surface area contributed by atoms with Crippen molar-refractivity contribution in [2.75, 3.05) is 0 Å². The third-order valence-electron chi connectivity index (χ3n) is 11.4. The molecule has 0 N–H and O–H groups in total. The van der Waals surface area contributed by atoms with Gasteiger partial charge in [-0.3, -0.25) is 0 Å². The number of para-hydroxylation sites is 2. The van der Waals surface area contributed by atoms with Crippen LogP contribution in [0.15, 0.2) is 151 Å². The van der Waals surface area contributed by atoms with Gasteiger partial charge in [0, 0.05) is 47.9 Å². The van der Waals surface area contributed by atoms with Crippen LogP contribution in [0.5, 0.6) is 0 Å². The Morgan fingerprint density at radius 2 is 1.08 bits per heavy atom. The standard InChI is InChI=1S/C48H36N2S/c1-2-10-31(11-3-1)32-18-22-35(23-19-32)49-43-15-7-4-12-37(43)40-28-33(20-25-45(40)49)34-21-26-46-41(29-34)38-13-5-8-16-44(38)50(46)36-24-27-48-42(30-36)39-14-6-9-17-47(39)51-48/h1-2,4-10,12-18,20-22,25-26,28-30H,3,11,19,23-24,27H2. The Morgan fingerprint density at radius 3 is 1.75 bits per heavy atom. The van der Waals surface area contributed by atoms with Crippen LogP contribution in [-0.2, 0) is 6.42 Å². The first-order valence-electron chi connectivity index (χ1n) is 18.3. The van der Waals surface area contributed by atoms with Gasteiger partial charge in [0.05, 0.1) is 22.1 Å². The molecule has 0 saturated heterocycles. The predicted octanol–water partition coefficient (Wildman–Crippen LogP) is 13.6. The first kappa shape index (κ1) is 29.1. The van der Waals surface area contributed by atoms with Crippen molar-refractivity contribution < 1.29 is 0 Å². The Kier molecular flexibility index (Phi) is 6.54. The fourth-order valence-corrected chi connectivity index (χ4v) is 10.2. The molecule has 0 amide bonds. The smallest absolute Gasteiger partial charge is 0.0538 e. The molecule has 244 valence electrons. The number of allylic oxidation sites excluding steroid dienone is 9. The van der Waals surface area contributed by atoms with Crippen molar-refractivity contribution in [2.24, 2.45) is 0 Å². The fraction of sp³-hybridized carbons (Fsp3) is 0.125. The van der Waals surface area contributed by atoms with E-state index in [2.05, 4.69) is 155 Å². The molecule has 2 nitrogen and oxygen atoms in total. The third kappa shape index (κ3) is 4.54. The lowest BCUT2D eigenvalue weighted by Gasteiger charge is -2.20. The minimum atomic E-state index is 1.04. The second kappa shape index (κ2) is 11.4. The molecule has 0 fully saturated rings. The highest BCUT2D eigenvalue weighted by atomic mass is 32.1. The topological polar surface area (TPSA) is 9.86 Å². The van der Waals surface area contributed by atoms with Crippen molar-refractivity contribution in [1.82, 2.24) is 9.13 Å². The zero-order chi connectivity index (χ0) is 33.5. The maximum Gasteiger partial charge on any atom is 0.0538 e. The summed E-state index contributed by atoms with van der Waals surface area (Å²) in [6.07, 6.45) is 20.6.